The minimum absolute atomic E-state index is 0.0708. The molecule has 3 rings (SSSR count). The highest BCUT2D eigenvalue weighted by molar-refractivity contribution is 7.89. The van der Waals surface area contributed by atoms with Crippen molar-refractivity contribution in [3.63, 3.8) is 0 Å². The molecule has 0 aromatic heterocycles. The molecule has 0 bridgehead atoms. The van der Waals surface area contributed by atoms with Gasteiger partial charge in [-0.2, -0.15) is 0 Å². The van der Waals surface area contributed by atoms with Gasteiger partial charge in [-0.15, -0.1) is 0 Å². The van der Waals surface area contributed by atoms with Crippen LogP contribution in [0.1, 0.15) is 5.56 Å². The van der Waals surface area contributed by atoms with E-state index in [9.17, 15) is 8.42 Å². The van der Waals surface area contributed by atoms with E-state index in [1.165, 1.54) is 14.2 Å². The number of nitrogens with two attached hydrogens (primary N) is 1. The molecule has 0 radical (unpaired) electrons. The summed E-state index contributed by atoms with van der Waals surface area (Å²) in [5.74, 6) is 1.04. The lowest BCUT2D eigenvalue weighted by Gasteiger charge is -2.14. The van der Waals surface area contributed by atoms with Crippen LogP contribution in [0.15, 0.2) is 59.5 Å². The third-order valence-electron chi connectivity index (χ3n) is 4.14. The van der Waals surface area contributed by atoms with E-state index in [1.54, 1.807) is 54.6 Å². The van der Waals surface area contributed by atoms with Crippen LogP contribution < -0.4 is 19.9 Å². The van der Waals surface area contributed by atoms with Gasteiger partial charge in [0.1, 0.15) is 0 Å². The summed E-state index contributed by atoms with van der Waals surface area (Å²) in [6.07, 6.45) is 0. The van der Waals surface area contributed by atoms with Crippen LogP contribution >= 0.6 is 0 Å². The molecule has 0 spiro atoms. The largest absolute Gasteiger partial charge is 0.493 e. The molecule has 3 N–H and O–H groups in total. The number of benzene rings is 3. The average molecular weight is 372 g/mol. The first-order valence-corrected chi connectivity index (χ1v) is 9.43. The Balaban J connectivity index is 1.96. The molecule has 0 unspecified atom stereocenters. The molecule has 0 fully saturated rings. The van der Waals surface area contributed by atoms with Crippen molar-refractivity contribution in [2.75, 3.05) is 20.0 Å². The molecule has 26 heavy (non-hydrogen) atoms. The Bertz CT molecular complexity index is 1050. The smallest absolute Gasteiger partial charge is 0.241 e. The Morgan fingerprint density at radius 3 is 2.35 bits per heavy atom. The number of sulfonamides is 1. The molecule has 136 valence electrons. The monoisotopic (exact) mass is 372 g/mol. The summed E-state index contributed by atoms with van der Waals surface area (Å²) in [5, 5.41) is 1.28. The lowest BCUT2D eigenvalue weighted by molar-refractivity contribution is 0.351. The Labute approximate surface area is 152 Å². The second-order valence-corrected chi connectivity index (χ2v) is 7.41. The Morgan fingerprint density at radius 1 is 0.923 bits per heavy atom. The SMILES string of the molecule is COc1cccc(CNS(=O)(=O)c2cccc3c(N)cccc23)c1OC. The molecule has 6 nitrogen and oxygen atoms in total. The van der Waals surface area contributed by atoms with Crippen molar-refractivity contribution in [1.29, 1.82) is 0 Å². The van der Waals surface area contributed by atoms with E-state index in [1.807, 2.05) is 0 Å². The first-order valence-electron chi connectivity index (χ1n) is 7.94. The fraction of sp³-hybridized carbons (Fsp3) is 0.158. The van der Waals surface area contributed by atoms with Crippen LogP contribution in [0.4, 0.5) is 5.69 Å². The second kappa shape index (κ2) is 7.23. The van der Waals surface area contributed by atoms with Crippen molar-refractivity contribution in [1.82, 2.24) is 4.72 Å². The summed E-state index contributed by atoms with van der Waals surface area (Å²) in [6.45, 7) is 0.0708. The van der Waals surface area contributed by atoms with E-state index in [0.717, 1.165) is 0 Å². The molecule has 0 heterocycles. The van der Waals surface area contributed by atoms with Gasteiger partial charge in [0.2, 0.25) is 10.0 Å². The molecule has 0 aliphatic heterocycles. The molecule has 0 aliphatic rings. The normalized spacial score (nSPS) is 11.5. The van der Waals surface area contributed by atoms with E-state index >= 15 is 0 Å². The standard InChI is InChI=1S/C19H20N2O4S/c1-24-17-10-3-6-13(19(17)25-2)12-21-26(22,23)18-11-5-7-14-15(18)8-4-9-16(14)20/h3-11,21H,12,20H2,1-2H3. The third-order valence-corrected chi connectivity index (χ3v) is 5.60. The Morgan fingerprint density at radius 2 is 1.62 bits per heavy atom. The number of fused-ring (bicyclic) bond motifs is 1. The molecular formula is C19H20N2O4S. The van der Waals surface area contributed by atoms with Gasteiger partial charge < -0.3 is 15.2 Å². The van der Waals surface area contributed by atoms with Crippen molar-refractivity contribution in [2.45, 2.75) is 11.4 Å². The van der Waals surface area contributed by atoms with E-state index in [-0.39, 0.29) is 11.4 Å². The molecule has 3 aromatic rings. The summed E-state index contributed by atoms with van der Waals surface area (Å²) >= 11 is 0. The van der Waals surface area contributed by atoms with Gasteiger partial charge in [-0.1, -0.05) is 36.4 Å². The lowest BCUT2D eigenvalue weighted by atomic mass is 10.1. The number of ether oxygens (including phenoxy) is 2. The number of hydrogen-bond donors (Lipinski definition) is 2. The molecular weight excluding hydrogens is 352 g/mol. The van der Waals surface area contributed by atoms with Crippen molar-refractivity contribution in [2.24, 2.45) is 0 Å². The highest BCUT2D eigenvalue weighted by atomic mass is 32.2. The molecule has 0 saturated carbocycles. The topological polar surface area (TPSA) is 90.7 Å². The zero-order chi connectivity index (χ0) is 18.7. The first kappa shape index (κ1) is 18.0. The molecule has 0 amide bonds. The maximum absolute atomic E-state index is 12.9. The van der Waals surface area contributed by atoms with Crippen LogP contribution in [0.2, 0.25) is 0 Å². The number of para-hydroxylation sites is 1. The number of nitrogen functional groups attached to an aromatic ring is 1. The average Bonchev–Trinajstić information content (AvgIpc) is 2.65. The summed E-state index contributed by atoms with van der Waals surface area (Å²) in [4.78, 5) is 0.184. The fourth-order valence-electron chi connectivity index (χ4n) is 2.88. The molecule has 0 aliphatic carbocycles. The Hall–Kier alpha value is -2.77. The number of hydrogen-bond acceptors (Lipinski definition) is 5. The molecule has 7 heteroatoms. The highest BCUT2D eigenvalue weighted by Crippen LogP contribution is 2.31. The number of rotatable bonds is 6. The summed E-state index contributed by atoms with van der Waals surface area (Å²) in [6, 6.07) is 15.6. The van der Waals surface area contributed by atoms with Gasteiger partial charge in [-0.05, 0) is 18.2 Å². The van der Waals surface area contributed by atoms with Crippen molar-refractivity contribution >= 4 is 26.5 Å². The number of methoxy groups -OCH3 is 2. The van der Waals surface area contributed by atoms with Gasteiger partial charge in [0.15, 0.2) is 11.5 Å². The predicted molar refractivity (Wildman–Crippen MR) is 102 cm³/mol. The summed E-state index contributed by atoms with van der Waals surface area (Å²) in [7, 11) is -0.697. The zero-order valence-electron chi connectivity index (χ0n) is 14.5. The number of nitrogens with one attached hydrogen (secondary N) is 1. The summed E-state index contributed by atoms with van der Waals surface area (Å²) in [5.41, 5.74) is 7.17. The van der Waals surface area contributed by atoms with Gasteiger partial charge in [-0.25, -0.2) is 13.1 Å². The number of anilines is 1. The first-order chi connectivity index (χ1) is 12.5. The van der Waals surface area contributed by atoms with Gasteiger partial charge in [0, 0.05) is 28.6 Å². The maximum atomic E-state index is 12.9. The van der Waals surface area contributed by atoms with Gasteiger partial charge in [0.05, 0.1) is 19.1 Å². The van der Waals surface area contributed by atoms with Crippen LogP contribution in [0.3, 0.4) is 0 Å². The van der Waals surface area contributed by atoms with E-state index in [4.69, 9.17) is 15.2 Å². The van der Waals surface area contributed by atoms with E-state index < -0.39 is 10.0 Å². The maximum Gasteiger partial charge on any atom is 0.241 e. The van der Waals surface area contributed by atoms with Crippen LogP contribution in [0, 0.1) is 0 Å². The van der Waals surface area contributed by atoms with Gasteiger partial charge in [0.25, 0.3) is 0 Å². The zero-order valence-corrected chi connectivity index (χ0v) is 15.3. The predicted octanol–water partition coefficient (Wildman–Crippen LogP) is 2.92. The van der Waals surface area contributed by atoms with Crippen LogP contribution in [0.25, 0.3) is 10.8 Å². The van der Waals surface area contributed by atoms with E-state index in [0.29, 0.717) is 33.5 Å². The third kappa shape index (κ3) is 3.31. The molecule has 3 aromatic carbocycles. The van der Waals surface area contributed by atoms with Gasteiger partial charge in [-0.3, -0.25) is 0 Å². The van der Waals surface area contributed by atoms with Crippen molar-refractivity contribution in [3.8, 4) is 11.5 Å². The quantitative estimate of drug-likeness (QED) is 0.649. The minimum Gasteiger partial charge on any atom is -0.493 e. The fourth-order valence-corrected chi connectivity index (χ4v) is 4.11. The minimum atomic E-state index is -3.75. The van der Waals surface area contributed by atoms with Crippen molar-refractivity contribution < 1.29 is 17.9 Å². The van der Waals surface area contributed by atoms with Crippen molar-refractivity contribution in [3.05, 3.63) is 60.2 Å². The van der Waals surface area contributed by atoms with Crippen LogP contribution in [-0.2, 0) is 16.6 Å². The van der Waals surface area contributed by atoms with E-state index in [2.05, 4.69) is 4.72 Å². The van der Waals surface area contributed by atoms with Crippen LogP contribution in [0.5, 0.6) is 11.5 Å². The highest BCUT2D eigenvalue weighted by Gasteiger charge is 2.19. The Kier molecular flexibility index (Phi) is 5.01. The lowest BCUT2D eigenvalue weighted by Crippen LogP contribution is -2.23. The summed E-state index contributed by atoms with van der Waals surface area (Å²) < 4.78 is 38.9. The van der Waals surface area contributed by atoms with Gasteiger partial charge >= 0.3 is 0 Å². The molecule has 0 saturated heterocycles. The van der Waals surface area contributed by atoms with Crippen LogP contribution in [-0.4, -0.2) is 22.6 Å². The molecule has 0 atom stereocenters. The second-order valence-electron chi connectivity index (χ2n) is 5.68.